The van der Waals surface area contributed by atoms with Gasteiger partial charge in [0.05, 0.1) is 5.92 Å². The summed E-state index contributed by atoms with van der Waals surface area (Å²) in [6.07, 6.45) is 3.50. The average molecular weight is 329 g/mol. The number of carbonyl (C=O) groups excluding carboxylic acids is 1. The fourth-order valence-corrected chi connectivity index (χ4v) is 4.11. The highest BCUT2D eigenvalue weighted by Gasteiger charge is 2.49. The smallest absolute Gasteiger partial charge is 0.227 e. The number of benzene rings is 1. The molecule has 2 bridgehead atoms. The number of carbonyl (C=O) groups is 1. The largest absolute Gasteiger partial charge is 0.341 e. The van der Waals surface area contributed by atoms with Gasteiger partial charge in [0.2, 0.25) is 5.91 Å². The predicted octanol–water partition coefficient (Wildman–Crippen LogP) is 3.09. The van der Waals surface area contributed by atoms with E-state index < -0.39 is 0 Å². The molecule has 21 heavy (non-hydrogen) atoms. The van der Waals surface area contributed by atoms with E-state index in [-0.39, 0.29) is 30.3 Å². The Kier molecular flexibility index (Phi) is 5.18. The van der Waals surface area contributed by atoms with Crippen molar-refractivity contribution in [3.05, 3.63) is 34.9 Å². The van der Waals surface area contributed by atoms with Gasteiger partial charge in [-0.1, -0.05) is 29.8 Å². The highest BCUT2D eigenvalue weighted by atomic mass is 35.5. The quantitative estimate of drug-likeness (QED) is 0.926. The zero-order chi connectivity index (χ0) is 14.3. The Morgan fingerprint density at radius 2 is 2.00 bits per heavy atom. The number of halogens is 2. The van der Waals surface area contributed by atoms with Gasteiger partial charge < -0.3 is 10.6 Å². The summed E-state index contributed by atoms with van der Waals surface area (Å²) in [4.78, 5) is 14.4. The van der Waals surface area contributed by atoms with Crippen molar-refractivity contribution in [1.29, 1.82) is 0 Å². The van der Waals surface area contributed by atoms with E-state index in [1.807, 2.05) is 31.3 Å². The molecule has 4 atom stereocenters. The van der Waals surface area contributed by atoms with E-state index in [0.29, 0.717) is 23.4 Å². The van der Waals surface area contributed by atoms with Crippen LogP contribution in [0.1, 0.15) is 24.8 Å². The number of rotatable bonds is 3. The Morgan fingerprint density at radius 3 is 2.62 bits per heavy atom. The summed E-state index contributed by atoms with van der Waals surface area (Å²) in [5.41, 5.74) is 7.24. The maximum atomic E-state index is 12.7. The SMILES string of the molecule is CN(Cc1ccccc1Cl)C(=O)C1C2CCC(C2)C1N.Cl. The molecule has 3 rings (SSSR count). The van der Waals surface area contributed by atoms with Crippen molar-refractivity contribution in [3.8, 4) is 0 Å². The Balaban J connectivity index is 0.00000161. The zero-order valence-corrected chi connectivity index (χ0v) is 13.7. The zero-order valence-electron chi connectivity index (χ0n) is 12.2. The molecule has 2 aliphatic carbocycles. The third kappa shape index (κ3) is 3.05. The summed E-state index contributed by atoms with van der Waals surface area (Å²) in [5.74, 6) is 1.25. The molecule has 5 heteroatoms. The first-order valence-corrected chi connectivity index (χ1v) is 7.69. The van der Waals surface area contributed by atoms with Gasteiger partial charge in [-0.2, -0.15) is 0 Å². The van der Waals surface area contributed by atoms with Crippen LogP contribution >= 0.6 is 24.0 Å². The minimum atomic E-state index is 0. The molecule has 0 heterocycles. The first-order chi connectivity index (χ1) is 9.58. The van der Waals surface area contributed by atoms with E-state index in [4.69, 9.17) is 17.3 Å². The maximum Gasteiger partial charge on any atom is 0.227 e. The van der Waals surface area contributed by atoms with Crippen LogP contribution in [0.25, 0.3) is 0 Å². The molecular weight excluding hydrogens is 307 g/mol. The van der Waals surface area contributed by atoms with Crippen molar-refractivity contribution < 1.29 is 4.79 Å². The fraction of sp³-hybridized carbons (Fsp3) is 0.562. The lowest BCUT2D eigenvalue weighted by Gasteiger charge is -2.31. The Bertz CT molecular complexity index is 521. The second-order valence-electron chi connectivity index (χ2n) is 6.22. The molecule has 0 saturated heterocycles. The highest BCUT2D eigenvalue weighted by molar-refractivity contribution is 6.31. The first kappa shape index (κ1) is 16.6. The Labute approximate surface area is 137 Å². The summed E-state index contributed by atoms with van der Waals surface area (Å²) in [6.45, 7) is 0.555. The van der Waals surface area contributed by atoms with E-state index in [9.17, 15) is 4.79 Å². The van der Waals surface area contributed by atoms with Gasteiger partial charge in [-0.25, -0.2) is 0 Å². The van der Waals surface area contributed by atoms with E-state index in [0.717, 1.165) is 18.4 Å². The molecule has 1 aromatic rings. The van der Waals surface area contributed by atoms with E-state index in [1.54, 1.807) is 4.90 Å². The topological polar surface area (TPSA) is 46.3 Å². The van der Waals surface area contributed by atoms with Gasteiger partial charge in [0, 0.05) is 24.7 Å². The summed E-state index contributed by atoms with van der Waals surface area (Å²) in [5, 5.41) is 0.712. The molecule has 2 fully saturated rings. The third-order valence-electron chi connectivity index (χ3n) is 5.01. The molecule has 1 aromatic carbocycles. The summed E-state index contributed by atoms with van der Waals surface area (Å²) < 4.78 is 0. The second-order valence-corrected chi connectivity index (χ2v) is 6.63. The van der Waals surface area contributed by atoms with Gasteiger partial charge in [-0.15, -0.1) is 12.4 Å². The summed E-state index contributed by atoms with van der Waals surface area (Å²) >= 11 is 6.16. The molecule has 0 aromatic heterocycles. The first-order valence-electron chi connectivity index (χ1n) is 7.32. The number of nitrogens with two attached hydrogens (primary N) is 1. The van der Waals surface area contributed by atoms with E-state index >= 15 is 0 Å². The predicted molar refractivity (Wildman–Crippen MR) is 87.5 cm³/mol. The van der Waals surface area contributed by atoms with E-state index in [2.05, 4.69) is 0 Å². The number of amides is 1. The molecule has 0 radical (unpaired) electrons. The summed E-state index contributed by atoms with van der Waals surface area (Å²) in [6, 6.07) is 7.73. The Hall–Kier alpha value is -0.770. The van der Waals surface area contributed by atoms with Crippen molar-refractivity contribution in [2.24, 2.45) is 23.5 Å². The average Bonchev–Trinajstić information content (AvgIpc) is 3.01. The molecule has 3 nitrogen and oxygen atoms in total. The van der Waals surface area contributed by atoms with Crippen LogP contribution in [0.4, 0.5) is 0 Å². The van der Waals surface area contributed by atoms with Gasteiger partial charge >= 0.3 is 0 Å². The van der Waals surface area contributed by atoms with Gasteiger partial charge in [0.1, 0.15) is 0 Å². The van der Waals surface area contributed by atoms with Crippen LogP contribution in [0.2, 0.25) is 5.02 Å². The molecule has 4 unspecified atom stereocenters. The minimum Gasteiger partial charge on any atom is -0.341 e. The molecule has 1 amide bonds. The normalized spacial score (nSPS) is 30.0. The maximum absolute atomic E-state index is 12.7. The van der Waals surface area contributed by atoms with Crippen molar-refractivity contribution >= 4 is 29.9 Å². The van der Waals surface area contributed by atoms with Gasteiger partial charge in [0.25, 0.3) is 0 Å². The van der Waals surface area contributed by atoms with Crippen LogP contribution in [0.3, 0.4) is 0 Å². The number of fused-ring (bicyclic) bond motifs is 2. The van der Waals surface area contributed by atoms with Crippen LogP contribution in [-0.4, -0.2) is 23.9 Å². The Morgan fingerprint density at radius 1 is 1.33 bits per heavy atom. The number of nitrogens with zero attached hydrogens (tertiary/aromatic N) is 1. The lowest BCUT2D eigenvalue weighted by atomic mass is 9.84. The standard InChI is InChI=1S/C16H21ClN2O.ClH/c1-19(9-12-4-2-3-5-13(12)17)16(20)14-10-6-7-11(8-10)15(14)18;/h2-5,10-11,14-15H,6-9,18H2,1H3;1H. The minimum absolute atomic E-state index is 0. The van der Waals surface area contributed by atoms with Gasteiger partial charge in [0.15, 0.2) is 0 Å². The van der Waals surface area contributed by atoms with Crippen LogP contribution < -0.4 is 5.73 Å². The lowest BCUT2D eigenvalue weighted by Crippen LogP contribution is -2.45. The van der Waals surface area contributed by atoms with E-state index in [1.165, 1.54) is 6.42 Å². The van der Waals surface area contributed by atoms with Crippen LogP contribution in [0.15, 0.2) is 24.3 Å². The monoisotopic (exact) mass is 328 g/mol. The molecule has 0 aliphatic heterocycles. The molecule has 116 valence electrons. The fourth-order valence-electron chi connectivity index (χ4n) is 3.92. The number of hydrogen-bond donors (Lipinski definition) is 1. The highest BCUT2D eigenvalue weighted by Crippen LogP contribution is 2.48. The molecule has 2 N–H and O–H groups in total. The molecule has 0 spiro atoms. The molecular formula is C16H22Cl2N2O. The van der Waals surface area contributed by atoms with Gasteiger partial charge in [-0.3, -0.25) is 4.79 Å². The van der Waals surface area contributed by atoms with Crippen molar-refractivity contribution in [2.75, 3.05) is 7.05 Å². The van der Waals surface area contributed by atoms with Gasteiger partial charge in [-0.05, 0) is 42.7 Å². The second kappa shape index (κ2) is 6.55. The lowest BCUT2D eigenvalue weighted by molar-refractivity contribution is -0.136. The van der Waals surface area contributed by atoms with Crippen molar-refractivity contribution in [3.63, 3.8) is 0 Å². The van der Waals surface area contributed by atoms with Crippen LogP contribution in [0.5, 0.6) is 0 Å². The van der Waals surface area contributed by atoms with Crippen LogP contribution in [0, 0.1) is 17.8 Å². The summed E-state index contributed by atoms with van der Waals surface area (Å²) in [7, 11) is 1.85. The third-order valence-corrected chi connectivity index (χ3v) is 5.38. The van der Waals surface area contributed by atoms with Crippen LogP contribution in [-0.2, 0) is 11.3 Å². The van der Waals surface area contributed by atoms with Crippen molar-refractivity contribution in [1.82, 2.24) is 4.90 Å². The molecule has 2 aliphatic rings. The van der Waals surface area contributed by atoms with Crippen molar-refractivity contribution in [2.45, 2.75) is 31.8 Å². The number of hydrogen-bond acceptors (Lipinski definition) is 2. The molecule has 2 saturated carbocycles.